The Kier molecular flexibility index (Phi) is 13.2. The Balaban J connectivity index is 0.000000216. The van der Waals surface area contributed by atoms with Crippen LogP contribution in [0.1, 0.15) is 31.8 Å². The van der Waals surface area contributed by atoms with E-state index in [1.165, 1.54) is 12.1 Å². The molecule has 0 aliphatic carbocycles. The number of para-hydroxylation sites is 4. The summed E-state index contributed by atoms with van der Waals surface area (Å²) in [6.07, 6.45) is 0. The molecule has 0 aromatic heterocycles. The first-order valence-corrected chi connectivity index (χ1v) is 15.0. The second-order valence-corrected chi connectivity index (χ2v) is 10.2. The van der Waals surface area contributed by atoms with Crippen molar-refractivity contribution in [3.63, 3.8) is 0 Å². The molecule has 49 heavy (non-hydrogen) atoms. The smallest absolute Gasteiger partial charge is 0.545 e. The van der Waals surface area contributed by atoms with Crippen LogP contribution < -0.4 is 20.8 Å². The van der Waals surface area contributed by atoms with Gasteiger partial charge in [0.1, 0.15) is 11.7 Å². The van der Waals surface area contributed by atoms with Crippen LogP contribution in [0.3, 0.4) is 0 Å². The van der Waals surface area contributed by atoms with Gasteiger partial charge in [-0.05, 0) is 48.5 Å². The van der Waals surface area contributed by atoms with E-state index in [9.17, 15) is 19.8 Å². The van der Waals surface area contributed by atoms with E-state index in [1.54, 1.807) is 36.4 Å². The molecule has 0 atom stereocenters. The Morgan fingerprint density at radius 1 is 0.388 bits per heavy atom. The van der Waals surface area contributed by atoms with Crippen molar-refractivity contribution in [2.75, 3.05) is 10.6 Å². The molecule has 0 bridgehead atoms. The quantitative estimate of drug-likeness (QED) is 0.107. The summed E-state index contributed by atoms with van der Waals surface area (Å²) in [5.74, 6) is -1.57. The fraction of sp³-hybridized carbons (Fsp3) is 0. The van der Waals surface area contributed by atoms with E-state index in [1.807, 2.05) is 121 Å². The summed E-state index contributed by atoms with van der Waals surface area (Å²) in [6.45, 7) is 0. The Morgan fingerprint density at radius 3 is 0.959 bits per heavy atom. The number of carbonyl (C=O) groups is 2. The van der Waals surface area contributed by atoms with Gasteiger partial charge in [-0.25, -0.2) is 9.98 Å². The van der Waals surface area contributed by atoms with Crippen LogP contribution in [0.4, 0.5) is 22.7 Å². The van der Waals surface area contributed by atoms with Gasteiger partial charge in [0.15, 0.2) is 0 Å². The van der Waals surface area contributed by atoms with Gasteiger partial charge in [0, 0.05) is 33.6 Å². The number of aromatic carboxylic acids is 2. The molecule has 0 saturated heterocycles. The number of carboxylic acids is 2. The predicted molar refractivity (Wildman–Crippen MR) is 187 cm³/mol. The third-order valence-corrected chi connectivity index (χ3v) is 6.87. The molecule has 0 aliphatic heterocycles. The average molecular weight is 689 g/mol. The van der Waals surface area contributed by atoms with Crippen molar-refractivity contribution in [3.05, 3.63) is 192 Å². The number of hydrogen-bond donors (Lipinski definition) is 2. The van der Waals surface area contributed by atoms with E-state index in [-0.39, 0.29) is 27.6 Å². The summed E-state index contributed by atoms with van der Waals surface area (Å²) in [6, 6.07) is 51.0. The number of benzene rings is 6. The zero-order valence-electron chi connectivity index (χ0n) is 26.0. The van der Waals surface area contributed by atoms with Gasteiger partial charge in [-0.1, -0.05) is 121 Å². The topological polar surface area (TPSA) is 129 Å². The van der Waals surface area contributed by atoms with Crippen molar-refractivity contribution in [1.82, 2.24) is 0 Å². The van der Waals surface area contributed by atoms with Crippen LogP contribution in [0.5, 0.6) is 0 Å². The Labute approximate surface area is 294 Å². The van der Waals surface area contributed by atoms with Crippen LogP contribution in [0, 0.1) is 0 Å². The van der Waals surface area contributed by atoms with E-state index in [0.717, 1.165) is 22.7 Å². The van der Waals surface area contributed by atoms with Crippen LogP contribution >= 0.6 is 0 Å². The third kappa shape index (κ3) is 10.3. The standard InChI is InChI=1S/2C20H16N2O2.Ni/c2*23-20(24)18-14-8-7-13-17(18)19(21-15-9-3-1-4-10-15)22-16-11-5-2-6-12-16;/h2*1-14H,(H,21,22)(H,23,24);/q;;+2/p-2. The van der Waals surface area contributed by atoms with Crippen molar-refractivity contribution in [2.45, 2.75) is 0 Å². The molecule has 6 aromatic rings. The second kappa shape index (κ2) is 18.1. The van der Waals surface area contributed by atoms with Crippen LogP contribution in [-0.2, 0) is 16.5 Å². The Bertz CT molecular complexity index is 1870. The first-order chi connectivity index (χ1) is 23.5. The number of hydrogen-bond acceptors (Lipinski definition) is 6. The van der Waals surface area contributed by atoms with Gasteiger partial charge in [-0.2, -0.15) is 0 Å². The molecule has 2 N–H and O–H groups in total. The summed E-state index contributed by atoms with van der Waals surface area (Å²) in [4.78, 5) is 32.0. The maximum atomic E-state index is 11.4. The van der Waals surface area contributed by atoms with Gasteiger partial charge in [0.25, 0.3) is 0 Å². The largest absolute Gasteiger partial charge is 2.00 e. The molecular weight excluding hydrogens is 659 g/mol. The first kappa shape index (κ1) is 35.5. The van der Waals surface area contributed by atoms with Crippen molar-refractivity contribution in [2.24, 2.45) is 9.98 Å². The third-order valence-electron chi connectivity index (χ3n) is 6.87. The van der Waals surface area contributed by atoms with Crippen LogP contribution in [0.2, 0.25) is 0 Å². The molecule has 9 heteroatoms. The Morgan fingerprint density at radius 2 is 0.653 bits per heavy atom. The van der Waals surface area contributed by atoms with Gasteiger partial charge in [-0.3, -0.25) is 0 Å². The summed E-state index contributed by atoms with van der Waals surface area (Å²) in [7, 11) is 0. The number of carbonyl (C=O) groups excluding carboxylic acids is 2. The molecule has 0 saturated carbocycles. The van der Waals surface area contributed by atoms with Gasteiger partial charge < -0.3 is 30.4 Å². The first-order valence-electron chi connectivity index (χ1n) is 15.0. The number of nitrogens with zero attached hydrogens (tertiary/aromatic N) is 2. The summed E-state index contributed by atoms with van der Waals surface area (Å²) in [5, 5.41) is 29.3. The maximum absolute atomic E-state index is 11.4. The number of rotatable bonds is 8. The maximum Gasteiger partial charge on any atom is 2.00 e. The van der Waals surface area contributed by atoms with Crippen molar-refractivity contribution in [1.29, 1.82) is 0 Å². The van der Waals surface area contributed by atoms with E-state index in [4.69, 9.17) is 0 Å². The minimum atomic E-state index is -1.23. The number of carboxylic acid groups (broad SMARTS) is 2. The Hall–Kier alpha value is -6.31. The van der Waals surface area contributed by atoms with Crippen molar-refractivity contribution in [3.8, 4) is 0 Å². The van der Waals surface area contributed by atoms with E-state index >= 15 is 0 Å². The summed E-state index contributed by atoms with van der Waals surface area (Å²) in [5.41, 5.74) is 4.23. The van der Waals surface area contributed by atoms with E-state index < -0.39 is 11.9 Å². The number of anilines is 2. The molecule has 0 unspecified atom stereocenters. The van der Waals surface area contributed by atoms with Gasteiger partial charge in [-0.15, -0.1) is 0 Å². The van der Waals surface area contributed by atoms with Gasteiger partial charge in [0.2, 0.25) is 0 Å². The molecular formula is C40H30N4NiO4. The molecule has 0 aliphatic rings. The second-order valence-electron chi connectivity index (χ2n) is 10.2. The minimum Gasteiger partial charge on any atom is -0.545 e. The molecule has 0 radical (unpaired) electrons. The predicted octanol–water partition coefficient (Wildman–Crippen LogP) is 6.48. The van der Waals surface area contributed by atoms with E-state index in [0.29, 0.717) is 22.8 Å². The molecule has 6 aromatic carbocycles. The summed E-state index contributed by atoms with van der Waals surface area (Å²) < 4.78 is 0. The molecule has 0 amide bonds. The SMILES string of the molecule is O=C([O-])c1ccccc1C(=Nc1ccccc1)Nc1ccccc1.O=C([O-])c1ccccc1C(=Nc1ccccc1)Nc1ccccc1.[Ni+2]. The molecule has 6 rings (SSSR count). The fourth-order valence-corrected chi connectivity index (χ4v) is 4.63. The van der Waals surface area contributed by atoms with Crippen LogP contribution in [-0.4, -0.2) is 23.6 Å². The monoisotopic (exact) mass is 688 g/mol. The zero-order chi connectivity index (χ0) is 33.6. The van der Waals surface area contributed by atoms with Gasteiger partial charge in [0.05, 0.1) is 23.3 Å². The van der Waals surface area contributed by atoms with E-state index in [2.05, 4.69) is 20.6 Å². The average Bonchev–Trinajstić information content (AvgIpc) is 3.13. The number of nitrogens with one attached hydrogen (secondary N) is 2. The molecule has 0 spiro atoms. The minimum absolute atomic E-state index is 0. The molecule has 0 heterocycles. The number of aliphatic imine (C=N–C) groups is 2. The van der Waals surface area contributed by atoms with Crippen LogP contribution in [0.25, 0.3) is 0 Å². The molecule has 244 valence electrons. The summed E-state index contributed by atoms with van der Waals surface area (Å²) >= 11 is 0. The zero-order valence-corrected chi connectivity index (χ0v) is 27.0. The molecule has 0 fully saturated rings. The number of amidine groups is 2. The van der Waals surface area contributed by atoms with Gasteiger partial charge >= 0.3 is 16.5 Å². The molecule has 8 nitrogen and oxygen atoms in total. The fourth-order valence-electron chi connectivity index (χ4n) is 4.63. The van der Waals surface area contributed by atoms with Crippen molar-refractivity contribution >= 4 is 46.4 Å². The van der Waals surface area contributed by atoms with Crippen molar-refractivity contribution < 1.29 is 36.3 Å². The van der Waals surface area contributed by atoms with Crippen LogP contribution in [0.15, 0.2) is 180 Å². The normalized spacial score (nSPS) is 10.9.